The number of pyridine rings is 1. The number of carbonyl (C=O) groups is 1. The topological polar surface area (TPSA) is 80.5 Å². The van der Waals surface area contributed by atoms with E-state index in [0.29, 0.717) is 18.1 Å². The SMILES string of the molecule is COc1ccc(CNc2cccc3nc(NC(=O)C4CC4)nn23)cc1. The molecule has 2 aromatic heterocycles. The summed E-state index contributed by atoms with van der Waals surface area (Å²) in [5.74, 6) is 2.12. The van der Waals surface area contributed by atoms with Gasteiger partial charge in [-0.05, 0) is 42.7 Å². The van der Waals surface area contributed by atoms with E-state index in [1.165, 1.54) is 0 Å². The van der Waals surface area contributed by atoms with Crippen LogP contribution in [0.1, 0.15) is 18.4 Å². The first-order chi connectivity index (χ1) is 12.2. The number of nitrogens with zero attached hydrogens (tertiary/aromatic N) is 3. The van der Waals surface area contributed by atoms with Crippen molar-refractivity contribution in [3.8, 4) is 5.75 Å². The molecule has 25 heavy (non-hydrogen) atoms. The molecule has 1 saturated carbocycles. The number of carbonyl (C=O) groups excluding carboxylic acids is 1. The maximum absolute atomic E-state index is 11.9. The standard InChI is InChI=1S/C18H19N5O2/c1-25-14-9-5-12(6-10-14)11-19-15-3-2-4-16-20-18(22-23(15)16)21-17(24)13-7-8-13/h2-6,9-10,13,19H,7-8,11H2,1H3,(H,21,22,24). The Bertz CT molecular complexity index is 899. The van der Waals surface area contributed by atoms with Crippen molar-refractivity contribution in [2.45, 2.75) is 19.4 Å². The predicted octanol–water partition coefficient (Wildman–Crippen LogP) is 2.70. The summed E-state index contributed by atoms with van der Waals surface area (Å²) in [5, 5.41) is 10.5. The van der Waals surface area contributed by atoms with Crippen LogP contribution in [-0.2, 0) is 11.3 Å². The highest BCUT2D eigenvalue weighted by molar-refractivity contribution is 5.92. The van der Waals surface area contributed by atoms with Gasteiger partial charge in [-0.3, -0.25) is 10.1 Å². The maximum atomic E-state index is 11.9. The zero-order chi connectivity index (χ0) is 17.2. The van der Waals surface area contributed by atoms with Crippen LogP contribution in [0, 0.1) is 5.92 Å². The molecule has 0 spiro atoms. The van der Waals surface area contributed by atoms with Gasteiger partial charge in [0.15, 0.2) is 5.65 Å². The van der Waals surface area contributed by atoms with E-state index in [2.05, 4.69) is 20.7 Å². The molecule has 0 bridgehead atoms. The number of fused-ring (bicyclic) bond motifs is 1. The van der Waals surface area contributed by atoms with Crippen molar-refractivity contribution >= 4 is 23.3 Å². The lowest BCUT2D eigenvalue weighted by molar-refractivity contribution is -0.117. The molecule has 7 heteroatoms. The van der Waals surface area contributed by atoms with Gasteiger partial charge in [-0.25, -0.2) is 0 Å². The van der Waals surface area contributed by atoms with E-state index in [9.17, 15) is 4.79 Å². The molecule has 7 nitrogen and oxygen atoms in total. The number of aromatic nitrogens is 3. The Morgan fingerprint density at radius 3 is 2.76 bits per heavy atom. The van der Waals surface area contributed by atoms with Crippen molar-refractivity contribution in [3.05, 3.63) is 48.0 Å². The van der Waals surface area contributed by atoms with Crippen molar-refractivity contribution in [1.29, 1.82) is 0 Å². The number of hydrogen-bond donors (Lipinski definition) is 2. The van der Waals surface area contributed by atoms with Gasteiger partial charge in [0.2, 0.25) is 11.9 Å². The Hall–Kier alpha value is -3.09. The number of rotatable bonds is 6. The van der Waals surface area contributed by atoms with E-state index in [-0.39, 0.29) is 11.8 Å². The van der Waals surface area contributed by atoms with Crippen LogP contribution < -0.4 is 15.4 Å². The Morgan fingerprint density at radius 2 is 2.04 bits per heavy atom. The normalized spacial score (nSPS) is 13.6. The number of methoxy groups -OCH3 is 1. The highest BCUT2D eigenvalue weighted by Crippen LogP contribution is 2.29. The molecule has 1 amide bonds. The summed E-state index contributed by atoms with van der Waals surface area (Å²) in [6.45, 7) is 0.646. The molecule has 3 aromatic rings. The maximum Gasteiger partial charge on any atom is 0.249 e. The number of amides is 1. The predicted molar refractivity (Wildman–Crippen MR) is 94.7 cm³/mol. The fourth-order valence-corrected chi connectivity index (χ4v) is 2.59. The molecule has 1 fully saturated rings. The molecule has 0 aliphatic heterocycles. The fraction of sp³-hybridized carbons (Fsp3) is 0.278. The van der Waals surface area contributed by atoms with Gasteiger partial charge in [-0.1, -0.05) is 18.2 Å². The van der Waals surface area contributed by atoms with Crippen LogP contribution in [0.3, 0.4) is 0 Å². The van der Waals surface area contributed by atoms with Crippen LogP contribution in [-0.4, -0.2) is 27.6 Å². The molecule has 2 heterocycles. The van der Waals surface area contributed by atoms with Gasteiger partial charge in [0, 0.05) is 12.5 Å². The quantitative estimate of drug-likeness (QED) is 0.723. The number of hydrogen-bond acceptors (Lipinski definition) is 5. The number of anilines is 2. The lowest BCUT2D eigenvalue weighted by atomic mass is 10.2. The zero-order valence-electron chi connectivity index (χ0n) is 13.9. The molecule has 1 aliphatic carbocycles. The zero-order valence-corrected chi connectivity index (χ0v) is 13.9. The van der Waals surface area contributed by atoms with E-state index in [1.807, 2.05) is 42.5 Å². The van der Waals surface area contributed by atoms with Crippen molar-refractivity contribution < 1.29 is 9.53 Å². The monoisotopic (exact) mass is 337 g/mol. The van der Waals surface area contributed by atoms with Gasteiger partial charge in [0.1, 0.15) is 11.6 Å². The second-order valence-corrected chi connectivity index (χ2v) is 6.08. The minimum absolute atomic E-state index is 0.00338. The molecular formula is C18H19N5O2. The molecule has 0 unspecified atom stereocenters. The van der Waals surface area contributed by atoms with Gasteiger partial charge >= 0.3 is 0 Å². The van der Waals surface area contributed by atoms with Crippen molar-refractivity contribution in [3.63, 3.8) is 0 Å². The molecule has 1 aliphatic rings. The average Bonchev–Trinajstić information content (AvgIpc) is 3.41. The van der Waals surface area contributed by atoms with Crippen LogP contribution >= 0.6 is 0 Å². The third kappa shape index (κ3) is 3.40. The second kappa shape index (κ2) is 6.43. The third-order valence-electron chi connectivity index (χ3n) is 4.18. The first kappa shape index (κ1) is 15.4. The summed E-state index contributed by atoms with van der Waals surface area (Å²) < 4.78 is 6.87. The van der Waals surface area contributed by atoms with Gasteiger partial charge in [0.05, 0.1) is 7.11 Å². The van der Waals surface area contributed by atoms with E-state index < -0.39 is 0 Å². The summed E-state index contributed by atoms with van der Waals surface area (Å²) in [5.41, 5.74) is 1.81. The number of benzene rings is 1. The summed E-state index contributed by atoms with van der Waals surface area (Å²) in [7, 11) is 1.65. The first-order valence-electron chi connectivity index (χ1n) is 8.26. The molecule has 128 valence electrons. The molecule has 0 atom stereocenters. The highest BCUT2D eigenvalue weighted by Gasteiger charge is 2.30. The molecule has 4 rings (SSSR count). The summed E-state index contributed by atoms with van der Waals surface area (Å²) >= 11 is 0. The minimum Gasteiger partial charge on any atom is -0.497 e. The summed E-state index contributed by atoms with van der Waals surface area (Å²) in [4.78, 5) is 16.2. The fourth-order valence-electron chi connectivity index (χ4n) is 2.59. The van der Waals surface area contributed by atoms with E-state index in [0.717, 1.165) is 30.0 Å². The molecule has 0 saturated heterocycles. The Balaban J connectivity index is 1.50. The second-order valence-electron chi connectivity index (χ2n) is 6.08. The first-order valence-corrected chi connectivity index (χ1v) is 8.26. The molecule has 1 aromatic carbocycles. The lowest BCUT2D eigenvalue weighted by Crippen LogP contribution is -2.14. The Labute approximate surface area is 145 Å². The van der Waals surface area contributed by atoms with Crippen LogP contribution in [0.4, 0.5) is 11.8 Å². The third-order valence-corrected chi connectivity index (χ3v) is 4.18. The summed E-state index contributed by atoms with van der Waals surface area (Å²) in [6.07, 6.45) is 1.90. The van der Waals surface area contributed by atoms with Gasteiger partial charge < -0.3 is 10.1 Å². The smallest absolute Gasteiger partial charge is 0.249 e. The number of nitrogens with one attached hydrogen (secondary N) is 2. The van der Waals surface area contributed by atoms with Gasteiger partial charge in [-0.15, -0.1) is 5.10 Å². The lowest BCUT2D eigenvalue weighted by Gasteiger charge is -2.08. The summed E-state index contributed by atoms with van der Waals surface area (Å²) in [6, 6.07) is 13.6. The van der Waals surface area contributed by atoms with Crippen LogP contribution in [0.15, 0.2) is 42.5 Å². The Morgan fingerprint density at radius 1 is 1.24 bits per heavy atom. The van der Waals surface area contributed by atoms with Crippen molar-refractivity contribution in [2.75, 3.05) is 17.7 Å². The minimum atomic E-state index is 0.00338. The molecular weight excluding hydrogens is 318 g/mol. The molecule has 0 radical (unpaired) electrons. The van der Waals surface area contributed by atoms with E-state index in [1.54, 1.807) is 11.6 Å². The van der Waals surface area contributed by atoms with Crippen molar-refractivity contribution in [1.82, 2.24) is 14.6 Å². The van der Waals surface area contributed by atoms with E-state index in [4.69, 9.17) is 4.74 Å². The van der Waals surface area contributed by atoms with Gasteiger partial charge in [0.25, 0.3) is 0 Å². The van der Waals surface area contributed by atoms with E-state index >= 15 is 0 Å². The molecule has 2 N–H and O–H groups in total. The largest absolute Gasteiger partial charge is 0.497 e. The van der Waals surface area contributed by atoms with Crippen LogP contribution in [0.2, 0.25) is 0 Å². The van der Waals surface area contributed by atoms with Gasteiger partial charge in [-0.2, -0.15) is 9.50 Å². The number of ether oxygens (including phenoxy) is 1. The highest BCUT2D eigenvalue weighted by atomic mass is 16.5. The Kier molecular flexibility index (Phi) is 3.97. The van der Waals surface area contributed by atoms with Crippen LogP contribution in [0.5, 0.6) is 5.75 Å². The van der Waals surface area contributed by atoms with Crippen LogP contribution in [0.25, 0.3) is 5.65 Å². The average molecular weight is 337 g/mol. The van der Waals surface area contributed by atoms with Crippen molar-refractivity contribution in [2.24, 2.45) is 5.92 Å².